The van der Waals surface area contributed by atoms with Gasteiger partial charge in [0.25, 0.3) is 5.91 Å². The van der Waals surface area contributed by atoms with Crippen LogP contribution in [0.1, 0.15) is 21.5 Å². The van der Waals surface area contributed by atoms with Crippen LogP contribution in [-0.2, 0) is 19.6 Å². The molecule has 0 saturated heterocycles. The normalized spacial score (nSPS) is 10.9. The van der Waals surface area contributed by atoms with Crippen LogP contribution in [-0.4, -0.2) is 40.7 Å². The van der Waals surface area contributed by atoms with Crippen LogP contribution in [0.4, 0.5) is 0 Å². The molecular weight excluding hydrogens is 416 g/mol. The highest BCUT2D eigenvalue weighted by molar-refractivity contribution is 6.30. The van der Waals surface area contributed by atoms with Crippen molar-refractivity contribution in [1.29, 1.82) is 5.26 Å². The average Bonchev–Trinajstić information content (AvgIpc) is 2.75. The van der Waals surface area contributed by atoms with Crippen LogP contribution in [0.25, 0.3) is 10.9 Å². The first-order valence-electron chi connectivity index (χ1n) is 9.78. The number of carbonyl (C=O) groups is 1. The Morgan fingerprint density at radius 3 is 2.61 bits per heavy atom. The van der Waals surface area contributed by atoms with Gasteiger partial charge < -0.3 is 15.0 Å². The van der Waals surface area contributed by atoms with Gasteiger partial charge in [-0.25, -0.2) is 0 Å². The summed E-state index contributed by atoms with van der Waals surface area (Å²) in [6.07, 6.45) is 1.49. The molecule has 0 aliphatic heterocycles. The van der Waals surface area contributed by atoms with Crippen LogP contribution in [0.15, 0.2) is 53.5 Å². The Kier molecular flexibility index (Phi) is 7.42. The molecule has 0 saturated carbocycles. The standard InChI is InChI=1S/C23H23ClN4O3/c1-27(9-8-25)14-17-4-7-21-19(12-17)22(30)20(15-28(21)10-11-29)23(31)26-13-16-2-5-18(24)6-3-16/h2-7,12,15,29H,9-11,13-14H2,1H3,(H,26,31). The van der Waals surface area contributed by atoms with Gasteiger partial charge in [0.05, 0.1) is 24.7 Å². The molecule has 0 fully saturated rings. The largest absolute Gasteiger partial charge is 0.395 e. The molecule has 8 heteroatoms. The third kappa shape index (κ3) is 5.50. The highest BCUT2D eigenvalue weighted by atomic mass is 35.5. The first kappa shape index (κ1) is 22.5. The van der Waals surface area contributed by atoms with Crippen molar-refractivity contribution in [3.8, 4) is 6.07 Å². The van der Waals surface area contributed by atoms with E-state index in [0.29, 0.717) is 22.5 Å². The molecule has 160 valence electrons. The number of nitriles is 1. The van der Waals surface area contributed by atoms with Gasteiger partial charge in [0.2, 0.25) is 5.43 Å². The maximum Gasteiger partial charge on any atom is 0.257 e. The van der Waals surface area contributed by atoms with Crippen LogP contribution in [0.2, 0.25) is 5.02 Å². The molecule has 1 aromatic heterocycles. The number of aromatic nitrogens is 1. The molecule has 7 nitrogen and oxygen atoms in total. The van der Waals surface area contributed by atoms with Gasteiger partial charge in [-0.15, -0.1) is 0 Å². The number of benzene rings is 2. The number of aliphatic hydroxyl groups is 1. The molecule has 3 rings (SSSR count). The number of hydrogen-bond donors (Lipinski definition) is 2. The summed E-state index contributed by atoms with van der Waals surface area (Å²) in [5.41, 5.74) is 1.99. The zero-order valence-electron chi connectivity index (χ0n) is 17.1. The number of aliphatic hydroxyl groups excluding tert-OH is 1. The molecule has 3 aromatic rings. The molecule has 1 amide bonds. The first-order valence-corrected chi connectivity index (χ1v) is 10.2. The van der Waals surface area contributed by atoms with Crippen molar-refractivity contribution >= 4 is 28.4 Å². The molecule has 0 radical (unpaired) electrons. The fourth-order valence-electron chi connectivity index (χ4n) is 3.37. The van der Waals surface area contributed by atoms with Crippen molar-refractivity contribution in [1.82, 2.24) is 14.8 Å². The third-order valence-corrected chi connectivity index (χ3v) is 5.14. The van der Waals surface area contributed by atoms with Crippen molar-refractivity contribution in [2.75, 3.05) is 20.2 Å². The molecule has 0 aliphatic carbocycles. The van der Waals surface area contributed by atoms with E-state index in [1.165, 1.54) is 6.20 Å². The molecule has 0 atom stereocenters. The second kappa shape index (κ2) is 10.2. The molecule has 0 bridgehead atoms. The monoisotopic (exact) mass is 438 g/mol. The average molecular weight is 439 g/mol. The summed E-state index contributed by atoms with van der Waals surface area (Å²) in [5, 5.41) is 22.1. The maximum absolute atomic E-state index is 13.1. The number of nitrogens with zero attached hydrogens (tertiary/aromatic N) is 3. The summed E-state index contributed by atoms with van der Waals surface area (Å²) >= 11 is 5.88. The summed E-state index contributed by atoms with van der Waals surface area (Å²) in [6.45, 7) is 1.14. The Labute approximate surface area is 185 Å². The quantitative estimate of drug-likeness (QED) is 0.526. The Morgan fingerprint density at radius 1 is 1.23 bits per heavy atom. The van der Waals surface area contributed by atoms with Crippen LogP contribution in [0.5, 0.6) is 0 Å². The number of nitrogens with one attached hydrogen (secondary N) is 1. The van der Waals surface area contributed by atoms with Crippen molar-refractivity contribution in [2.45, 2.75) is 19.6 Å². The highest BCUT2D eigenvalue weighted by Gasteiger charge is 2.16. The van der Waals surface area contributed by atoms with Crippen molar-refractivity contribution in [2.24, 2.45) is 0 Å². The van der Waals surface area contributed by atoms with Gasteiger partial charge in [-0.3, -0.25) is 14.5 Å². The summed E-state index contributed by atoms with van der Waals surface area (Å²) < 4.78 is 1.71. The SMILES string of the molecule is CN(CC#N)Cc1ccc2c(c1)c(=O)c(C(=O)NCc1ccc(Cl)cc1)cn2CCO. The Hall–Kier alpha value is -3.18. The van der Waals surface area contributed by atoms with Crippen molar-refractivity contribution < 1.29 is 9.90 Å². The number of pyridine rings is 1. The predicted molar refractivity (Wildman–Crippen MR) is 120 cm³/mol. The van der Waals surface area contributed by atoms with Gasteiger partial charge in [0.15, 0.2) is 0 Å². The van der Waals surface area contributed by atoms with E-state index in [2.05, 4.69) is 11.4 Å². The van der Waals surface area contributed by atoms with E-state index in [9.17, 15) is 14.7 Å². The van der Waals surface area contributed by atoms with Gasteiger partial charge in [0, 0.05) is 36.2 Å². The van der Waals surface area contributed by atoms with Crippen LogP contribution in [0, 0.1) is 11.3 Å². The van der Waals surface area contributed by atoms with E-state index in [4.69, 9.17) is 16.9 Å². The number of halogens is 1. The number of hydrogen-bond acceptors (Lipinski definition) is 5. The van der Waals surface area contributed by atoms with E-state index in [1.54, 1.807) is 41.0 Å². The molecule has 0 spiro atoms. The third-order valence-electron chi connectivity index (χ3n) is 4.89. The molecule has 2 N–H and O–H groups in total. The highest BCUT2D eigenvalue weighted by Crippen LogP contribution is 2.16. The van der Waals surface area contributed by atoms with Crippen LogP contribution in [0.3, 0.4) is 0 Å². The van der Waals surface area contributed by atoms with Crippen LogP contribution < -0.4 is 10.7 Å². The maximum atomic E-state index is 13.1. The van der Waals surface area contributed by atoms with Gasteiger partial charge in [-0.2, -0.15) is 5.26 Å². The first-order chi connectivity index (χ1) is 14.9. The molecular formula is C23H23ClN4O3. The van der Waals surface area contributed by atoms with E-state index >= 15 is 0 Å². The Bertz CT molecular complexity index is 1180. The number of carbonyl (C=O) groups excluding carboxylic acids is 1. The van der Waals surface area contributed by atoms with E-state index in [-0.39, 0.29) is 37.2 Å². The molecule has 0 aliphatic rings. The zero-order chi connectivity index (χ0) is 22.4. The van der Waals surface area contributed by atoms with E-state index in [1.807, 2.05) is 18.0 Å². The summed E-state index contributed by atoms with van der Waals surface area (Å²) in [7, 11) is 1.82. The minimum Gasteiger partial charge on any atom is -0.395 e. The Morgan fingerprint density at radius 2 is 1.94 bits per heavy atom. The van der Waals surface area contributed by atoms with Gasteiger partial charge in [-0.1, -0.05) is 29.8 Å². The number of rotatable bonds is 8. The fourth-order valence-corrected chi connectivity index (χ4v) is 3.49. The van der Waals surface area contributed by atoms with Gasteiger partial charge in [0.1, 0.15) is 5.56 Å². The van der Waals surface area contributed by atoms with E-state index < -0.39 is 5.91 Å². The topological polar surface area (TPSA) is 98.4 Å². The number of fused-ring (bicyclic) bond motifs is 1. The smallest absolute Gasteiger partial charge is 0.257 e. The van der Waals surface area contributed by atoms with Gasteiger partial charge >= 0.3 is 0 Å². The molecule has 31 heavy (non-hydrogen) atoms. The lowest BCUT2D eigenvalue weighted by atomic mass is 10.1. The summed E-state index contributed by atoms with van der Waals surface area (Å²) in [4.78, 5) is 27.8. The zero-order valence-corrected chi connectivity index (χ0v) is 17.9. The van der Waals surface area contributed by atoms with Crippen LogP contribution >= 0.6 is 11.6 Å². The Balaban J connectivity index is 1.94. The molecule has 1 heterocycles. The lowest BCUT2D eigenvalue weighted by molar-refractivity contribution is 0.0949. The number of amides is 1. The lowest BCUT2D eigenvalue weighted by Gasteiger charge is -2.16. The minimum absolute atomic E-state index is 0.0115. The second-order valence-electron chi connectivity index (χ2n) is 7.28. The molecule has 0 unspecified atom stereocenters. The summed E-state index contributed by atoms with van der Waals surface area (Å²) in [6, 6.07) is 14.6. The lowest BCUT2D eigenvalue weighted by Crippen LogP contribution is -2.30. The van der Waals surface area contributed by atoms with E-state index in [0.717, 1.165) is 11.1 Å². The second-order valence-corrected chi connectivity index (χ2v) is 7.72. The molecule has 2 aromatic carbocycles. The van der Waals surface area contributed by atoms with Crippen molar-refractivity contribution in [3.63, 3.8) is 0 Å². The minimum atomic E-state index is -0.486. The van der Waals surface area contributed by atoms with Gasteiger partial charge in [-0.05, 0) is 42.4 Å². The predicted octanol–water partition coefficient (Wildman–Crippen LogP) is 2.53. The van der Waals surface area contributed by atoms with Crippen molar-refractivity contribution in [3.05, 3.63) is 80.6 Å². The fraction of sp³-hybridized carbons (Fsp3) is 0.261. The summed E-state index contributed by atoms with van der Waals surface area (Å²) in [5.74, 6) is -0.486.